The first-order chi connectivity index (χ1) is 15.4. The van der Waals surface area contributed by atoms with Crippen molar-refractivity contribution in [1.29, 1.82) is 0 Å². The van der Waals surface area contributed by atoms with Crippen LogP contribution in [-0.4, -0.2) is 14.4 Å². The van der Waals surface area contributed by atoms with E-state index in [4.69, 9.17) is 4.98 Å². The molecule has 8 aromatic rings. The number of benzene rings is 3. The maximum absolute atomic E-state index is 4.76. The van der Waals surface area contributed by atoms with Gasteiger partial charge in [-0.15, -0.1) is 22.7 Å². The van der Waals surface area contributed by atoms with Crippen LogP contribution in [0.1, 0.15) is 0 Å². The topological polar surface area (TPSA) is 30.2 Å². The van der Waals surface area contributed by atoms with Crippen molar-refractivity contribution in [3.63, 3.8) is 0 Å². The van der Waals surface area contributed by atoms with Crippen LogP contribution in [0.5, 0.6) is 0 Å². The fraction of sp³-hybridized carbons (Fsp3) is 0. The summed E-state index contributed by atoms with van der Waals surface area (Å²) in [5, 5.41) is 7.67. The molecule has 0 bridgehead atoms. The lowest BCUT2D eigenvalue weighted by molar-refractivity contribution is 1.27. The van der Waals surface area contributed by atoms with Crippen LogP contribution in [0.3, 0.4) is 0 Å². The molecule has 8 rings (SSSR count). The normalized spacial score (nSPS) is 12.5. The lowest BCUT2D eigenvalue weighted by Crippen LogP contribution is -1.91. The van der Waals surface area contributed by atoms with Gasteiger partial charge in [0.05, 0.1) is 11.0 Å². The molecule has 0 saturated heterocycles. The minimum absolute atomic E-state index is 0.960. The van der Waals surface area contributed by atoms with Gasteiger partial charge in [0.1, 0.15) is 5.65 Å². The second-order valence-electron chi connectivity index (χ2n) is 7.90. The maximum Gasteiger partial charge on any atom is 0.146 e. The average Bonchev–Trinajstić information content (AvgIpc) is 3.52. The fourth-order valence-corrected chi connectivity index (χ4v) is 7.25. The molecule has 5 heterocycles. The van der Waals surface area contributed by atoms with Crippen molar-refractivity contribution >= 4 is 90.5 Å². The van der Waals surface area contributed by atoms with E-state index in [0.717, 1.165) is 22.1 Å². The van der Waals surface area contributed by atoms with Gasteiger partial charge in [0.2, 0.25) is 0 Å². The highest BCUT2D eigenvalue weighted by Crippen LogP contribution is 2.45. The molecule has 3 nitrogen and oxygen atoms in total. The van der Waals surface area contributed by atoms with Crippen LogP contribution in [0.4, 0.5) is 0 Å². The third kappa shape index (κ3) is 1.98. The van der Waals surface area contributed by atoms with Gasteiger partial charge in [0, 0.05) is 69.7 Å². The van der Waals surface area contributed by atoms with Crippen LogP contribution in [0.25, 0.3) is 67.8 Å². The second kappa shape index (κ2) is 5.58. The zero-order chi connectivity index (χ0) is 20.1. The zero-order valence-corrected chi connectivity index (χ0v) is 17.8. The fourth-order valence-electron chi connectivity index (χ4n) is 5.00. The number of rotatable bonds is 0. The molecule has 0 N–H and O–H groups in total. The van der Waals surface area contributed by atoms with Gasteiger partial charge in [0.15, 0.2) is 0 Å². The molecule has 0 atom stereocenters. The summed E-state index contributed by atoms with van der Waals surface area (Å²) in [6.45, 7) is 0. The van der Waals surface area contributed by atoms with Gasteiger partial charge in [-0.25, -0.2) is 4.98 Å². The van der Waals surface area contributed by atoms with E-state index < -0.39 is 0 Å². The molecular weight excluding hydrogens is 418 g/mol. The molecule has 144 valence electrons. The Labute approximate surface area is 183 Å². The Morgan fingerprint density at radius 2 is 1.42 bits per heavy atom. The van der Waals surface area contributed by atoms with E-state index in [1.807, 2.05) is 47.3 Å². The van der Waals surface area contributed by atoms with Crippen molar-refractivity contribution in [2.45, 2.75) is 0 Å². The van der Waals surface area contributed by atoms with Crippen LogP contribution >= 0.6 is 22.7 Å². The molecule has 0 fully saturated rings. The summed E-state index contributed by atoms with van der Waals surface area (Å²) in [6.07, 6.45) is 5.80. The van der Waals surface area contributed by atoms with Gasteiger partial charge in [-0.3, -0.25) is 9.38 Å². The summed E-state index contributed by atoms with van der Waals surface area (Å²) >= 11 is 3.75. The van der Waals surface area contributed by atoms with Gasteiger partial charge in [-0.05, 0) is 42.5 Å². The molecule has 5 aromatic heterocycles. The molecule has 3 aromatic carbocycles. The summed E-state index contributed by atoms with van der Waals surface area (Å²) in [7, 11) is 0. The molecule has 0 radical (unpaired) electrons. The Hall–Kier alpha value is -3.54. The number of hydrogen-bond donors (Lipinski definition) is 0. The maximum atomic E-state index is 4.76. The Kier molecular flexibility index (Phi) is 2.91. The minimum atomic E-state index is 0.960. The predicted molar refractivity (Wildman–Crippen MR) is 134 cm³/mol. The summed E-state index contributed by atoms with van der Waals surface area (Å²) in [5.74, 6) is 0. The summed E-state index contributed by atoms with van der Waals surface area (Å²) in [6, 6.07) is 22.1. The van der Waals surface area contributed by atoms with Crippen LogP contribution in [0.2, 0.25) is 0 Å². The number of pyridine rings is 2. The molecule has 0 aliphatic carbocycles. The standard InChI is InChI=1S/C26H13N3S2/c1-2-6-19-14(4-1)23-20(30-19)7-8-21-24(23)17-12-16-18(13-22(17)31-21)29-11-10-28-26(29)15-5-3-9-27-25(15)16/h1-13H. The third-order valence-electron chi connectivity index (χ3n) is 6.30. The molecule has 0 aliphatic heterocycles. The second-order valence-corrected chi connectivity index (χ2v) is 10.1. The van der Waals surface area contributed by atoms with Crippen LogP contribution in [0.15, 0.2) is 79.3 Å². The van der Waals surface area contributed by atoms with Crippen molar-refractivity contribution in [1.82, 2.24) is 14.4 Å². The molecular formula is C26H13N3S2. The average molecular weight is 432 g/mol. The summed E-state index contributed by atoms with van der Waals surface area (Å²) in [5.41, 5.74) is 3.13. The van der Waals surface area contributed by atoms with Crippen LogP contribution in [-0.2, 0) is 0 Å². The number of nitrogens with zero attached hydrogens (tertiary/aromatic N) is 3. The van der Waals surface area contributed by atoms with Gasteiger partial charge in [-0.2, -0.15) is 0 Å². The summed E-state index contributed by atoms with van der Waals surface area (Å²) in [4.78, 5) is 9.38. The summed E-state index contributed by atoms with van der Waals surface area (Å²) < 4.78 is 7.52. The SMILES string of the molecule is c1ccc2c(c1)sc1ccc3sc4cc5c(cc4c3c12)c1ncccc1c1nccn51. The van der Waals surface area contributed by atoms with Gasteiger partial charge < -0.3 is 0 Å². The van der Waals surface area contributed by atoms with Gasteiger partial charge in [-0.1, -0.05) is 18.2 Å². The molecule has 31 heavy (non-hydrogen) atoms. The zero-order valence-electron chi connectivity index (χ0n) is 16.2. The van der Waals surface area contributed by atoms with Crippen molar-refractivity contribution < 1.29 is 0 Å². The largest absolute Gasteiger partial charge is 0.299 e. The van der Waals surface area contributed by atoms with Gasteiger partial charge in [0.25, 0.3) is 0 Å². The molecule has 0 aliphatic rings. The Balaban J connectivity index is 1.67. The lowest BCUT2D eigenvalue weighted by atomic mass is 10.0. The van der Waals surface area contributed by atoms with E-state index in [1.54, 1.807) is 0 Å². The van der Waals surface area contributed by atoms with E-state index >= 15 is 0 Å². The predicted octanol–water partition coefficient (Wildman–Crippen LogP) is 7.77. The molecule has 5 heteroatoms. The first-order valence-electron chi connectivity index (χ1n) is 10.2. The number of thiophene rings is 2. The number of fused-ring (bicyclic) bond motifs is 13. The third-order valence-corrected chi connectivity index (χ3v) is 8.55. The van der Waals surface area contributed by atoms with Gasteiger partial charge >= 0.3 is 0 Å². The Bertz CT molecular complexity index is 2010. The highest BCUT2D eigenvalue weighted by Gasteiger charge is 2.17. The number of hydrogen-bond acceptors (Lipinski definition) is 4. The molecule has 0 unspecified atom stereocenters. The lowest BCUT2D eigenvalue weighted by Gasteiger charge is -2.08. The van der Waals surface area contributed by atoms with Crippen LogP contribution in [0, 0.1) is 0 Å². The minimum Gasteiger partial charge on any atom is -0.299 e. The molecule has 0 saturated carbocycles. The monoisotopic (exact) mass is 431 g/mol. The first-order valence-corrected chi connectivity index (χ1v) is 11.8. The van der Waals surface area contributed by atoms with E-state index in [-0.39, 0.29) is 0 Å². The van der Waals surface area contributed by atoms with Crippen molar-refractivity contribution in [3.8, 4) is 0 Å². The molecule has 0 spiro atoms. The smallest absolute Gasteiger partial charge is 0.146 e. The van der Waals surface area contributed by atoms with Crippen molar-refractivity contribution in [2.24, 2.45) is 0 Å². The molecule has 0 amide bonds. The highest BCUT2D eigenvalue weighted by atomic mass is 32.1. The van der Waals surface area contributed by atoms with Crippen molar-refractivity contribution in [2.75, 3.05) is 0 Å². The Morgan fingerprint density at radius 3 is 2.35 bits per heavy atom. The number of aromatic nitrogens is 3. The van der Waals surface area contributed by atoms with E-state index in [1.165, 1.54) is 45.7 Å². The van der Waals surface area contributed by atoms with E-state index in [2.05, 4.69) is 64.0 Å². The number of imidazole rings is 1. The van der Waals surface area contributed by atoms with Crippen molar-refractivity contribution in [3.05, 3.63) is 79.3 Å². The first kappa shape index (κ1) is 16.2. The quantitative estimate of drug-likeness (QED) is 0.230. The van der Waals surface area contributed by atoms with E-state index in [9.17, 15) is 0 Å². The van der Waals surface area contributed by atoms with E-state index in [0.29, 0.717) is 0 Å². The van der Waals surface area contributed by atoms with Crippen LogP contribution < -0.4 is 0 Å². The Morgan fingerprint density at radius 1 is 0.613 bits per heavy atom. The highest BCUT2D eigenvalue weighted by molar-refractivity contribution is 7.28.